The number of carbonyl (C=O) groups is 1. The Hall–Kier alpha value is -2.98. The van der Waals surface area contributed by atoms with Crippen molar-refractivity contribution in [2.45, 2.75) is 18.7 Å². The van der Waals surface area contributed by atoms with Crippen molar-refractivity contribution in [1.82, 2.24) is 9.88 Å². The molecule has 0 saturated carbocycles. The lowest BCUT2D eigenvalue weighted by Gasteiger charge is -2.38. The van der Waals surface area contributed by atoms with Gasteiger partial charge in [-0.15, -0.1) is 0 Å². The summed E-state index contributed by atoms with van der Waals surface area (Å²) in [4.78, 5) is 19.0. The first-order valence-electron chi connectivity index (χ1n) is 8.26. The summed E-state index contributed by atoms with van der Waals surface area (Å²) < 4.78 is 0. The van der Waals surface area contributed by atoms with E-state index in [1.54, 1.807) is 18.3 Å². The van der Waals surface area contributed by atoms with Crippen molar-refractivity contribution in [3.8, 4) is 0 Å². The maximum absolute atomic E-state index is 13.1. The summed E-state index contributed by atoms with van der Waals surface area (Å²) in [6.45, 7) is 1.92. The monoisotopic (exact) mass is 330 g/mol. The second-order valence-corrected chi connectivity index (χ2v) is 6.20. The van der Waals surface area contributed by atoms with Gasteiger partial charge in [-0.3, -0.25) is 14.7 Å². The quantitative estimate of drug-likeness (QED) is 0.800. The van der Waals surface area contributed by atoms with E-state index in [9.17, 15) is 9.90 Å². The number of nitrogens with zero attached hydrogens (tertiary/aromatic N) is 2. The molecule has 0 spiro atoms. The zero-order valence-electron chi connectivity index (χ0n) is 13.8. The van der Waals surface area contributed by atoms with Gasteiger partial charge < -0.3 is 5.11 Å². The maximum Gasteiger partial charge on any atom is 0.259 e. The molecule has 1 aliphatic heterocycles. The van der Waals surface area contributed by atoms with Gasteiger partial charge in [0.05, 0.1) is 11.6 Å². The van der Waals surface area contributed by atoms with Crippen molar-refractivity contribution < 1.29 is 9.90 Å². The van der Waals surface area contributed by atoms with E-state index < -0.39 is 5.72 Å². The highest BCUT2D eigenvalue weighted by atomic mass is 16.3. The summed E-state index contributed by atoms with van der Waals surface area (Å²) in [5.41, 5.74) is 0.816. The molecule has 2 atom stereocenters. The Bertz CT molecular complexity index is 911. The van der Waals surface area contributed by atoms with Crippen LogP contribution in [0.4, 0.5) is 0 Å². The molecule has 1 amide bonds. The molecule has 0 saturated heterocycles. The minimum atomic E-state index is -1.59. The molecule has 4 nitrogen and oxygen atoms in total. The van der Waals surface area contributed by atoms with Crippen molar-refractivity contribution in [3.05, 3.63) is 101 Å². The fourth-order valence-electron chi connectivity index (χ4n) is 3.53. The zero-order chi connectivity index (χ0) is 17.4. The third-order valence-corrected chi connectivity index (χ3v) is 4.78. The molecule has 124 valence electrons. The van der Waals surface area contributed by atoms with Crippen molar-refractivity contribution in [1.29, 1.82) is 0 Å². The summed E-state index contributed by atoms with van der Waals surface area (Å²) in [7, 11) is 0. The highest BCUT2D eigenvalue weighted by Gasteiger charge is 2.53. The lowest BCUT2D eigenvalue weighted by Crippen LogP contribution is -2.46. The van der Waals surface area contributed by atoms with Crippen LogP contribution >= 0.6 is 0 Å². The van der Waals surface area contributed by atoms with E-state index in [-0.39, 0.29) is 11.9 Å². The second kappa shape index (κ2) is 5.83. The molecule has 2 unspecified atom stereocenters. The summed E-state index contributed by atoms with van der Waals surface area (Å²) in [6.07, 6.45) is 1.61. The second-order valence-electron chi connectivity index (χ2n) is 6.20. The molecule has 4 rings (SSSR count). The van der Waals surface area contributed by atoms with Gasteiger partial charge in [-0.25, -0.2) is 0 Å². The Balaban J connectivity index is 1.92. The molecule has 0 fully saturated rings. The zero-order valence-corrected chi connectivity index (χ0v) is 13.8. The smallest absolute Gasteiger partial charge is 0.259 e. The Kier molecular flexibility index (Phi) is 3.62. The molecular formula is C21H18N2O2. The highest BCUT2D eigenvalue weighted by Crippen LogP contribution is 2.45. The van der Waals surface area contributed by atoms with Gasteiger partial charge >= 0.3 is 0 Å². The predicted octanol–water partition coefficient (Wildman–Crippen LogP) is 3.49. The number of aromatic nitrogens is 1. The number of benzene rings is 2. The van der Waals surface area contributed by atoms with Gasteiger partial charge in [-0.1, -0.05) is 60.7 Å². The predicted molar refractivity (Wildman–Crippen MR) is 94.7 cm³/mol. The third-order valence-electron chi connectivity index (χ3n) is 4.78. The molecule has 1 aromatic heterocycles. The lowest BCUT2D eigenvalue weighted by molar-refractivity contribution is -0.0702. The molecule has 1 N–H and O–H groups in total. The SMILES string of the molecule is CC(c1ccccc1)N1C(=O)c2cccnc2C1(O)c1ccccc1. The molecule has 2 heterocycles. The van der Waals surface area contributed by atoms with Crippen LogP contribution < -0.4 is 0 Å². The molecule has 0 radical (unpaired) electrons. The van der Waals surface area contributed by atoms with Crippen molar-refractivity contribution in [3.63, 3.8) is 0 Å². The van der Waals surface area contributed by atoms with Gasteiger partial charge in [-0.2, -0.15) is 0 Å². The van der Waals surface area contributed by atoms with Gasteiger partial charge in [0, 0.05) is 11.8 Å². The lowest BCUT2D eigenvalue weighted by atomic mass is 9.96. The minimum Gasteiger partial charge on any atom is -0.362 e. The standard InChI is InChI=1S/C21H18N2O2/c1-15(16-9-4-2-5-10-16)23-20(24)18-13-8-14-22-19(18)21(23,25)17-11-6-3-7-12-17/h2-15,25H,1H3. The molecule has 25 heavy (non-hydrogen) atoms. The Morgan fingerprint density at radius 3 is 2.28 bits per heavy atom. The number of aliphatic hydroxyl groups is 1. The molecule has 1 aliphatic rings. The number of fused-ring (bicyclic) bond motifs is 1. The fourth-order valence-corrected chi connectivity index (χ4v) is 3.53. The number of hydrogen-bond acceptors (Lipinski definition) is 3. The van der Waals surface area contributed by atoms with Crippen LogP contribution in [0.1, 0.15) is 40.1 Å². The maximum atomic E-state index is 13.1. The van der Waals surface area contributed by atoms with E-state index in [4.69, 9.17) is 0 Å². The van der Waals surface area contributed by atoms with Gasteiger partial charge in [0.15, 0.2) is 0 Å². The van der Waals surface area contributed by atoms with E-state index in [0.717, 1.165) is 5.56 Å². The van der Waals surface area contributed by atoms with E-state index in [2.05, 4.69) is 4.98 Å². The largest absolute Gasteiger partial charge is 0.362 e. The summed E-state index contributed by atoms with van der Waals surface area (Å²) in [5.74, 6) is -0.217. The van der Waals surface area contributed by atoms with Gasteiger partial charge in [0.25, 0.3) is 5.91 Å². The number of hydrogen-bond donors (Lipinski definition) is 1. The van der Waals surface area contributed by atoms with Crippen LogP contribution in [0.2, 0.25) is 0 Å². The molecule has 4 heteroatoms. The normalized spacial score (nSPS) is 20.4. The number of rotatable bonds is 3. The summed E-state index contributed by atoms with van der Waals surface area (Å²) >= 11 is 0. The first-order chi connectivity index (χ1) is 12.1. The summed E-state index contributed by atoms with van der Waals surface area (Å²) in [6, 6.07) is 22.1. The van der Waals surface area contributed by atoms with Gasteiger partial charge in [-0.05, 0) is 24.6 Å². The van der Waals surface area contributed by atoms with Crippen LogP contribution in [0.15, 0.2) is 79.0 Å². The average molecular weight is 330 g/mol. The van der Waals surface area contributed by atoms with Crippen LogP contribution in [-0.4, -0.2) is 20.9 Å². The molecule has 0 bridgehead atoms. The Labute approximate surface area is 146 Å². The highest BCUT2D eigenvalue weighted by molar-refractivity contribution is 6.00. The fraction of sp³-hybridized carbons (Fsp3) is 0.143. The van der Waals surface area contributed by atoms with E-state index in [0.29, 0.717) is 16.8 Å². The number of amides is 1. The van der Waals surface area contributed by atoms with Crippen LogP contribution in [0, 0.1) is 0 Å². The molecule has 2 aromatic carbocycles. The van der Waals surface area contributed by atoms with Crippen LogP contribution in [-0.2, 0) is 5.72 Å². The van der Waals surface area contributed by atoms with Gasteiger partial charge in [0.2, 0.25) is 5.72 Å². The van der Waals surface area contributed by atoms with Crippen molar-refractivity contribution >= 4 is 5.91 Å². The van der Waals surface area contributed by atoms with Crippen LogP contribution in [0.5, 0.6) is 0 Å². The van der Waals surface area contributed by atoms with E-state index >= 15 is 0 Å². The molecule has 0 aliphatic carbocycles. The van der Waals surface area contributed by atoms with Crippen LogP contribution in [0.3, 0.4) is 0 Å². The number of carbonyl (C=O) groups excluding carboxylic acids is 1. The van der Waals surface area contributed by atoms with Crippen molar-refractivity contribution in [2.75, 3.05) is 0 Å². The molecular weight excluding hydrogens is 312 g/mol. The van der Waals surface area contributed by atoms with Gasteiger partial charge in [0.1, 0.15) is 5.69 Å². The van der Waals surface area contributed by atoms with E-state index in [1.165, 1.54) is 4.90 Å². The van der Waals surface area contributed by atoms with Crippen LogP contribution in [0.25, 0.3) is 0 Å². The topological polar surface area (TPSA) is 53.4 Å². The minimum absolute atomic E-state index is 0.217. The first kappa shape index (κ1) is 15.5. The Morgan fingerprint density at radius 1 is 0.960 bits per heavy atom. The van der Waals surface area contributed by atoms with Crippen molar-refractivity contribution in [2.24, 2.45) is 0 Å². The third kappa shape index (κ3) is 2.26. The van der Waals surface area contributed by atoms with E-state index in [1.807, 2.05) is 67.6 Å². The Morgan fingerprint density at radius 2 is 1.60 bits per heavy atom. The first-order valence-corrected chi connectivity index (χ1v) is 8.26. The molecule has 3 aromatic rings. The number of pyridine rings is 1. The average Bonchev–Trinajstić information content (AvgIpc) is 2.91. The summed E-state index contributed by atoms with van der Waals surface area (Å²) in [5, 5.41) is 11.7.